The summed E-state index contributed by atoms with van der Waals surface area (Å²) >= 11 is 0. The number of likely N-dealkylation sites (tertiary alicyclic amines) is 1. The monoisotopic (exact) mass is 298 g/mol. The van der Waals surface area contributed by atoms with E-state index in [9.17, 15) is 0 Å². The average molecular weight is 298 g/mol. The van der Waals surface area contributed by atoms with Gasteiger partial charge in [-0.25, -0.2) is 0 Å². The van der Waals surface area contributed by atoms with Gasteiger partial charge in [-0.1, -0.05) is 6.92 Å². The number of nitrogens with zero attached hydrogens (tertiary/aromatic N) is 2. The van der Waals surface area contributed by atoms with Crippen LogP contribution in [0.4, 0.5) is 0 Å². The molecule has 2 rings (SSSR count). The van der Waals surface area contributed by atoms with Crippen molar-refractivity contribution in [1.82, 2.24) is 10.2 Å². The first kappa shape index (κ1) is 16.5. The molecule has 2 fully saturated rings. The van der Waals surface area contributed by atoms with E-state index >= 15 is 0 Å². The molecule has 6 nitrogen and oxygen atoms in total. The Morgan fingerprint density at radius 2 is 2.24 bits per heavy atom. The molecular formula is C15H30N4O2. The molecule has 0 aromatic heterocycles. The molecule has 2 heterocycles. The highest BCUT2D eigenvalue weighted by Gasteiger charge is 2.32. The number of aliphatic imine (C=N–C) groups is 1. The highest BCUT2D eigenvalue weighted by atomic mass is 16.5. The molecule has 3 N–H and O–H groups in total. The third-order valence-electron chi connectivity index (χ3n) is 4.80. The van der Waals surface area contributed by atoms with E-state index < -0.39 is 0 Å². The number of ether oxygens (including phenoxy) is 2. The van der Waals surface area contributed by atoms with E-state index in [1.807, 2.05) is 0 Å². The van der Waals surface area contributed by atoms with Crippen LogP contribution in [0, 0.1) is 0 Å². The summed E-state index contributed by atoms with van der Waals surface area (Å²) in [5.74, 6) is 0.529. The van der Waals surface area contributed by atoms with Crippen molar-refractivity contribution in [3.8, 4) is 0 Å². The summed E-state index contributed by atoms with van der Waals surface area (Å²) in [6.07, 6.45) is 4.29. The van der Waals surface area contributed by atoms with Crippen molar-refractivity contribution >= 4 is 5.96 Å². The van der Waals surface area contributed by atoms with Crippen molar-refractivity contribution in [3.05, 3.63) is 0 Å². The highest BCUT2D eigenvalue weighted by Crippen LogP contribution is 2.24. The standard InChI is InChI=1S/C15H30N4O2/c1-3-19-8-4-5-13(19)11-17-14(16)18-12-15(20-2)6-9-21-10-7-15/h13H,3-12H2,1-2H3,(H3,16,17,18). The molecule has 122 valence electrons. The van der Waals surface area contributed by atoms with E-state index in [2.05, 4.69) is 22.1 Å². The molecule has 2 aliphatic rings. The first-order valence-corrected chi connectivity index (χ1v) is 8.10. The Morgan fingerprint density at radius 3 is 2.90 bits per heavy atom. The van der Waals surface area contributed by atoms with Crippen molar-refractivity contribution in [1.29, 1.82) is 0 Å². The van der Waals surface area contributed by atoms with Crippen molar-refractivity contribution in [2.24, 2.45) is 10.7 Å². The maximum absolute atomic E-state index is 6.00. The van der Waals surface area contributed by atoms with Crippen molar-refractivity contribution in [3.63, 3.8) is 0 Å². The summed E-state index contributed by atoms with van der Waals surface area (Å²) in [5, 5.41) is 3.27. The van der Waals surface area contributed by atoms with E-state index in [1.54, 1.807) is 7.11 Å². The van der Waals surface area contributed by atoms with Crippen LogP contribution in [-0.4, -0.2) is 69.0 Å². The van der Waals surface area contributed by atoms with Crippen LogP contribution >= 0.6 is 0 Å². The first-order chi connectivity index (χ1) is 10.2. The van der Waals surface area contributed by atoms with Gasteiger partial charge in [0, 0.05) is 45.8 Å². The smallest absolute Gasteiger partial charge is 0.188 e. The molecule has 0 radical (unpaired) electrons. The van der Waals surface area contributed by atoms with E-state index in [1.165, 1.54) is 19.4 Å². The third kappa shape index (κ3) is 4.56. The van der Waals surface area contributed by atoms with Gasteiger partial charge >= 0.3 is 0 Å². The van der Waals surface area contributed by atoms with Gasteiger partial charge in [0.15, 0.2) is 5.96 Å². The lowest BCUT2D eigenvalue weighted by Crippen LogP contribution is -2.45. The normalized spacial score (nSPS) is 27.0. The summed E-state index contributed by atoms with van der Waals surface area (Å²) in [6.45, 7) is 7.49. The second-order valence-corrected chi connectivity index (χ2v) is 6.01. The predicted molar refractivity (Wildman–Crippen MR) is 84.6 cm³/mol. The minimum absolute atomic E-state index is 0.201. The zero-order chi connectivity index (χ0) is 15.1. The molecule has 2 aliphatic heterocycles. The fourth-order valence-electron chi connectivity index (χ4n) is 3.22. The van der Waals surface area contributed by atoms with Gasteiger partial charge in [0.05, 0.1) is 12.1 Å². The number of nitrogens with two attached hydrogens (primary N) is 1. The SMILES string of the molecule is CCN1CCCC1CNC(N)=NCC1(OC)CCOCC1. The van der Waals surface area contributed by atoms with Crippen LogP contribution in [-0.2, 0) is 9.47 Å². The summed E-state index contributed by atoms with van der Waals surface area (Å²) in [4.78, 5) is 6.98. The van der Waals surface area contributed by atoms with Crippen molar-refractivity contribution < 1.29 is 9.47 Å². The molecule has 1 atom stereocenters. The van der Waals surface area contributed by atoms with E-state index in [4.69, 9.17) is 15.2 Å². The number of likely N-dealkylation sites (N-methyl/N-ethyl adjacent to an activating group) is 1. The molecule has 0 saturated carbocycles. The lowest BCUT2D eigenvalue weighted by molar-refractivity contribution is -0.0828. The molecule has 0 aromatic rings. The Kier molecular flexibility index (Phi) is 6.26. The van der Waals surface area contributed by atoms with Gasteiger partial charge < -0.3 is 20.5 Å². The molecule has 1 unspecified atom stereocenters. The van der Waals surface area contributed by atoms with Crippen LogP contribution in [0.2, 0.25) is 0 Å². The Balaban J connectivity index is 1.78. The van der Waals surface area contributed by atoms with Gasteiger partial charge in [0.2, 0.25) is 0 Å². The maximum Gasteiger partial charge on any atom is 0.188 e. The zero-order valence-electron chi connectivity index (χ0n) is 13.4. The van der Waals surface area contributed by atoms with Crippen LogP contribution in [0.15, 0.2) is 4.99 Å². The van der Waals surface area contributed by atoms with Crippen LogP contribution < -0.4 is 11.1 Å². The van der Waals surface area contributed by atoms with Crippen molar-refractivity contribution in [2.75, 3.05) is 46.5 Å². The van der Waals surface area contributed by atoms with Gasteiger partial charge in [-0.3, -0.25) is 9.89 Å². The Morgan fingerprint density at radius 1 is 1.48 bits per heavy atom. The fourth-order valence-corrected chi connectivity index (χ4v) is 3.22. The largest absolute Gasteiger partial charge is 0.381 e. The Hall–Kier alpha value is -0.850. The number of hydrogen-bond donors (Lipinski definition) is 2. The third-order valence-corrected chi connectivity index (χ3v) is 4.80. The number of guanidine groups is 1. The second kappa shape index (κ2) is 7.96. The van der Waals surface area contributed by atoms with Crippen LogP contribution in [0.5, 0.6) is 0 Å². The van der Waals surface area contributed by atoms with Gasteiger partial charge in [0.25, 0.3) is 0 Å². The number of nitrogens with one attached hydrogen (secondary N) is 1. The number of methoxy groups -OCH3 is 1. The molecule has 6 heteroatoms. The minimum atomic E-state index is -0.201. The predicted octanol–water partition coefficient (Wildman–Crippen LogP) is 0.571. The second-order valence-electron chi connectivity index (χ2n) is 6.01. The van der Waals surface area contributed by atoms with Gasteiger partial charge in [-0.05, 0) is 25.9 Å². The lowest BCUT2D eigenvalue weighted by atomic mass is 9.94. The Bertz CT molecular complexity index is 343. The molecule has 0 bridgehead atoms. The zero-order valence-corrected chi connectivity index (χ0v) is 13.4. The van der Waals surface area contributed by atoms with Gasteiger partial charge in [-0.2, -0.15) is 0 Å². The van der Waals surface area contributed by atoms with Gasteiger partial charge in [0.1, 0.15) is 0 Å². The number of hydrogen-bond acceptors (Lipinski definition) is 4. The van der Waals surface area contributed by atoms with Crippen LogP contribution in [0.25, 0.3) is 0 Å². The van der Waals surface area contributed by atoms with E-state index in [0.717, 1.165) is 39.1 Å². The highest BCUT2D eigenvalue weighted by molar-refractivity contribution is 5.77. The molecule has 0 amide bonds. The van der Waals surface area contributed by atoms with Crippen molar-refractivity contribution in [2.45, 2.75) is 44.2 Å². The molecule has 2 saturated heterocycles. The lowest BCUT2D eigenvalue weighted by Gasteiger charge is -2.34. The first-order valence-electron chi connectivity index (χ1n) is 8.10. The quantitative estimate of drug-likeness (QED) is 0.554. The fraction of sp³-hybridized carbons (Fsp3) is 0.933. The molecule has 21 heavy (non-hydrogen) atoms. The van der Waals surface area contributed by atoms with Crippen LogP contribution in [0.1, 0.15) is 32.6 Å². The van der Waals surface area contributed by atoms with Crippen LogP contribution in [0.3, 0.4) is 0 Å². The summed E-state index contributed by atoms with van der Waals surface area (Å²) in [5.41, 5.74) is 5.80. The Labute approximate surface area is 128 Å². The molecule has 0 aliphatic carbocycles. The molecular weight excluding hydrogens is 268 g/mol. The van der Waals surface area contributed by atoms with E-state index in [-0.39, 0.29) is 5.60 Å². The topological polar surface area (TPSA) is 72.1 Å². The average Bonchev–Trinajstić information content (AvgIpc) is 2.99. The maximum atomic E-state index is 6.00. The summed E-state index contributed by atoms with van der Waals surface area (Å²) in [6, 6.07) is 0.586. The van der Waals surface area contributed by atoms with Gasteiger partial charge in [-0.15, -0.1) is 0 Å². The molecule has 0 aromatic carbocycles. The summed E-state index contributed by atoms with van der Waals surface area (Å²) in [7, 11) is 1.75. The van der Waals surface area contributed by atoms with E-state index in [0.29, 0.717) is 18.5 Å². The molecule has 0 spiro atoms. The minimum Gasteiger partial charge on any atom is -0.381 e. The number of rotatable bonds is 6. The summed E-state index contributed by atoms with van der Waals surface area (Å²) < 4.78 is 11.1.